The fourth-order valence-electron chi connectivity index (χ4n) is 4.87. The topological polar surface area (TPSA) is 93.5 Å². The summed E-state index contributed by atoms with van der Waals surface area (Å²) in [5.74, 6) is 0. The van der Waals surface area contributed by atoms with E-state index in [2.05, 4.69) is 4.98 Å². The maximum absolute atomic E-state index is 12.8. The molecule has 214 valence electrons. The van der Waals surface area contributed by atoms with Crippen LogP contribution in [0.3, 0.4) is 0 Å². The van der Waals surface area contributed by atoms with Crippen molar-refractivity contribution in [2.24, 2.45) is 0 Å². The first-order valence-corrected chi connectivity index (χ1v) is 15.7. The van der Waals surface area contributed by atoms with E-state index < -0.39 is 29.2 Å². The van der Waals surface area contributed by atoms with Crippen LogP contribution in [0.25, 0.3) is 0 Å². The molecule has 1 aromatic heterocycles. The van der Waals surface area contributed by atoms with Gasteiger partial charge in [-0.1, -0.05) is 0 Å². The van der Waals surface area contributed by atoms with E-state index in [0.717, 1.165) is 21.2 Å². The predicted molar refractivity (Wildman–Crippen MR) is 164 cm³/mol. The molecule has 8 heteroatoms. The molecule has 0 aliphatic heterocycles. The van der Waals surface area contributed by atoms with Crippen LogP contribution in [-0.2, 0) is 15.1 Å². The third-order valence-electron chi connectivity index (χ3n) is 6.88. The molecule has 0 aliphatic carbocycles. The Kier molecular flexibility index (Phi) is 9.98. The van der Waals surface area contributed by atoms with Crippen LogP contribution in [0.4, 0.5) is 0 Å². The number of benzene rings is 4. The molecule has 0 aliphatic rings. The summed E-state index contributed by atoms with van der Waals surface area (Å²) in [4.78, 5) is 26.9. The molecule has 4 aromatic carbocycles. The fourth-order valence-corrected chi connectivity index (χ4v) is 6.81. The van der Waals surface area contributed by atoms with E-state index in [1.165, 1.54) is 16.8 Å². The van der Waals surface area contributed by atoms with Crippen molar-refractivity contribution in [1.29, 1.82) is 0 Å². The molecule has 0 unspecified atom stereocenters. The number of hydrogen-bond donors (Lipinski definition) is 2. The van der Waals surface area contributed by atoms with Crippen LogP contribution < -0.4 is 15.7 Å². The molecule has 42 heavy (non-hydrogen) atoms. The first-order valence-electron chi connectivity index (χ1n) is 13.7. The second-order valence-electron chi connectivity index (χ2n) is 9.63. The van der Waals surface area contributed by atoms with Crippen LogP contribution in [0.5, 0.6) is 0 Å². The number of aliphatic hydroxyl groups excluding tert-OH is 1. The van der Waals surface area contributed by atoms with E-state index in [0.29, 0.717) is 5.32 Å². The zero-order valence-corrected chi connectivity index (χ0v) is 24.6. The summed E-state index contributed by atoms with van der Waals surface area (Å²) in [5.41, 5.74) is 0.753. The molecule has 2 atom stereocenters. The van der Waals surface area contributed by atoms with Crippen LogP contribution >= 0.6 is 0 Å². The van der Waals surface area contributed by atoms with Gasteiger partial charge < -0.3 is 0 Å². The summed E-state index contributed by atoms with van der Waals surface area (Å²) >= 11 is -0.0375. The average Bonchev–Trinajstić information content (AvgIpc) is 3.04. The van der Waals surface area contributed by atoms with Crippen LogP contribution in [0.1, 0.15) is 22.9 Å². The molecule has 0 fully saturated rings. The quantitative estimate of drug-likeness (QED) is 0.153. The number of rotatable bonds is 13. The molecule has 5 aromatic rings. The van der Waals surface area contributed by atoms with E-state index in [-0.39, 0.29) is 28.2 Å². The van der Waals surface area contributed by atoms with Gasteiger partial charge in [-0.3, -0.25) is 0 Å². The summed E-state index contributed by atoms with van der Waals surface area (Å²) in [5, 5.41) is 11.0. The maximum atomic E-state index is 12.8. The van der Waals surface area contributed by atoms with Crippen molar-refractivity contribution in [3.8, 4) is 0 Å². The Morgan fingerprint density at radius 3 is 1.71 bits per heavy atom. The zero-order chi connectivity index (χ0) is 29.2. The molecule has 2 N–H and O–H groups in total. The standard InChI is InChI=1S/C34H32N2O5Se/c37-23-29(41-32(25-42-30-19-11-4-12-20-30)36-22-21-31(38)35-33(36)39)24-40-34(26-13-5-1-6-14-26,27-15-7-2-8-16-27)28-17-9-3-10-18-28/h1-22,29,32,37H,23-25H2,(H,35,38,39)/t29-,32+/m0/s1. The van der Waals surface area contributed by atoms with Crippen LogP contribution in [0.15, 0.2) is 143 Å². The van der Waals surface area contributed by atoms with Gasteiger partial charge in [0.2, 0.25) is 0 Å². The predicted octanol–water partition coefficient (Wildman–Crippen LogP) is 3.87. The fraction of sp³-hybridized carbons (Fsp3) is 0.176. The van der Waals surface area contributed by atoms with Gasteiger partial charge in [-0.15, -0.1) is 0 Å². The van der Waals surface area contributed by atoms with Crippen molar-refractivity contribution in [3.63, 3.8) is 0 Å². The third-order valence-corrected chi connectivity index (χ3v) is 9.10. The number of hydrogen-bond acceptors (Lipinski definition) is 5. The molecule has 5 rings (SSSR count). The summed E-state index contributed by atoms with van der Waals surface area (Å²) in [7, 11) is 0. The SMILES string of the molecule is O=c1ccn([C@@H](C[Se]c2ccccc2)O[C@@H](CO)COC(c2ccccc2)(c2ccccc2)c2ccccc2)c(=O)[nH]1. The average molecular weight is 628 g/mol. The van der Waals surface area contributed by atoms with E-state index >= 15 is 0 Å². The third kappa shape index (κ3) is 6.87. The first-order chi connectivity index (χ1) is 20.6. The van der Waals surface area contributed by atoms with E-state index in [9.17, 15) is 14.7 Å². The van der Waals surface area contributed by atoms with Gasteiger partial charge in [0.05, 0.1) is 0 Å². The normalized spacial score (nSPS) is 13.0. The summed E-state index contributed by atoms with van der Waals surface area (Å²) < 4.78 is 15.8. The van der Waals surface area contributed by atoms with E-state index in [1.54, 1.807) is 0 Å². The van der Waals surface area contributed by atoms with Crippen molar-refractivity contribution in [1.82, 2.24) is 9.55 Å². The van der Waals surface area contributed by atoms with Crippen molar-refractivity contribution < 1.29 is 14.6 Å². The zero-order valence-electron chi connectivity index (χ0n) is 22.9. The van der Waals surface area contributed by atoms with E-state index in [4.69, 9.17) is 9.47 Å². The van der Waals surface area contributed by atoms with Gasteiger partial charge in [0, 0.05) is 0 Å². The van der Waals surface area contributed by atoms with Gasteiger partial charge in [-0.05, 0) is 0 Å². The minimum atomic E-state index is -0.987. The Balaban J connectivity index is 1.48. The molecule has 0 saturated carbocycles. The van der Waals surface area contributed by atoms with Crippen molar-refractivity contribution >= 4 is 19.4 Å². The number of aromatic amines is 1. The van der Waals surface area contributed by atoms with Gasteiger partial charge in [0.25, 0.3) is 0 Å². The molecule has 0 saturated heterocycles. The van der Waals surface area contributed by atoms with Gasteiger partial charge in [-0.2, -0.15) is 0 Å². The molecule has 0 radical (unpaired) electrons. The molecule has 0 bridgehead atoms. The second kappa shape index (κ2) is 14.2. The second-order valence-corrected chi connectivity index (χ2v) is 11.9. The van der Waals surface area contributed by atoms with Crippen LogP contribution in [0.2, 0.25) is 5.32 Å². The van der Waals surface area contributed by atoms with Gasteiger partial charge in [0.15, 0.2) is 0 Å². The van der Waals surface area contributed by atoms with Gasteiger partial charge >= 0.3 is 251 Å². The Bertz CT molecular complexity index is 1550. The van der Waals surface area contributed by atoms with Crippen molar-refractivity contribution in [2.45, 2.75) is 23.3 Å². The van der Waals surface area contributed by atoms with Gasteiger partial charge in [0.1, 0.15) is 0 Å². The number of nitrogens with one attached hydrogen (secondary N) is 1. The van der Waals surface area contributed by atoms with Crippen molar-refractivity contribution in [3.05, 3.63) is 171 Å². The molecule has 1 heterocycles. The monoisotopic (exact) mass is 628 g/mol. The van der Waals surface area contributed by atoms with Crippen LogP contribution in [-0.4, -0.2) is 48.9 Å². The number of ether oxygens (including phenoxy) is 2. The number of aliphatic hydroxyl groups is 1. The Morgan fingerprint density at radius 1 is 0.738 bits per heavy atom. The molecule has 0 spiro atoms. The Hall–Kier alpha value is -4.04. The first kappa shape index (κ1) is 29.5. The summed E-state index contributed by atoms with van der Waals surface area (Å²) in [6.45, 7) is -0.302. The summed E-state index contributed by atoms with van der Waals surface area (Å²) in [6.07, 6.45) is -0.0597. The Labute approximate surface area is 250 Å². The molecular weight excluding hydrogens is 595 g/mol. The number of nitrogens with zero attached hydrogens (tertiary/aromatic N) is 1. The van der Waals surface area contributed by atoms with Crippen molar-refractivity contribution in [2.75, 3.05) is 13.2 Å². The Morgan fingerprint density at radius 2 is 1.24 bits per heavy atom. The molecule has 7 nitrogen and oxygen atoms in total. The summed E-state index contributed by atoms with van der Waals surface area (Å²) in [6, 6.07) is 41.2. The van der Waals surface area contributed by atoms with Gasteiger partial charge in [-0.25, -0.2) is 0 Å². The number of aromatic nitrogens is 2. The minimum absolute atomic E-state index is 0.0299. The number of H-pyrrole nitrogens is 1. The van der Waals surface area contributed by atoms with Crippen LogP contribution in [0, 0.1) is 0 Å². The molecular formula is C34H32N2O5Se. The molecule has 0 amide bonds. The van der Waals surface area contributed by atoms with E-state index in [1.807, 2.05) is 121 Å².